The summed E-state index contributed by atoms with van der Waals surface area (Å²) in [5, 5.41) is 9.31. The SMILES string of the molecule is COc1cccc2c1[C@@H]1CN(CCCCn3c(=O)[nH]c(=O)c4ccc5nnccc5c43)C[C@H]1CO2. The molecule has 9 nitrogen and oxygen atoms in total. The number of hydrogen-bond donors (Lipinski definition) is 1. The number of H-pyrrole nitrogens is 1. The summed E-state index contributed by atoms with van der Waals surface area (Å²) >= 11 is 0. The van der Waals surface area contributed by atoms with Crippen molar-refractivity contribution >= 4 is 21.8 Å². The Morgan fingerprint density at radius 3 is 2.86 bits per heavy atom. The third-order valence-electron chi connectivity index (χ3n) is 7.34. The van der Waals surface area contributed by atoms with Crippen LogP contribution in [0.15, 0.2) is 52.2 Å². The van der Waals surface area contributed by atoms with Gasteiger partial charge in [-0.25, -0.2) is 4.79 Å². The lowest BCUT2D eigenvalue weighted by Gasteiger charge is -2.29. The van der Waals surface area contributed by atoms with Crippen LogP contribution in [0.2, 0.25) is 0 Å². The molecular weight excluding hydrogens is 446 g/mol. The molecule has 9 heteroatoms. The number of nitrogens with zero attached hydrogens (tertiary/aromatic N) is 4. The van der Waals surface area contributed by atoms with E-state index in [2.05, 4.69) is 20.1 Å². The van der Waals surface area contributed by atoms with Gasteiger partial charge >= 0.3 is 5.69 Å². The monoisotopic (exact) mass is 473 g/mol. The number of aromatic amines is 1. The Kier molecular flexibility index (Phi) is 5.49. The van der Waals surface area contributed by atoms with E-state index in [4.69, 9.17) is 9.47 Å². The minimum atomic E-state index is -0.389. The molecule has 35 heavy (non-hydrogen) atoms. The first-order valence-corrected chi connectivity index (χ1v) is 12.0. The zero-order valence-electron chi connectivity index (χ0n) is 19.6. The molecule has 2 aliphatic heterocycles. The first-order chi connectivity index (χ1) is 17.1. The highest BCUT2D eigenvalue weighted by atomic mass is 16.5. The molecule has 180 valence electrons. The van der Waals surface area contributed by atoms with E-state index in [9.17, 15) is 9.59 Å². The van der Waals surface area contributed by atoms with Crippen molar-refractivity contribution in [2.75, 3.05) is 33.4 Å². The van der Waals surface area contributed by atoms with E-state index in [1.54, 1.807) is 36.1 Å². The predicted molar refractivity (Wildman–Crippen MR) is 132 cm³/mol. The van der Waals surface area contributed by atoms with Crippen LogP contribution < -0.4 is 20.7 Å². The highest BCUT2D eigenvalue weighted by molar-refractivity contribution is 6.03. The molecule has 0 bridgehead atoms. The van der Waals surface area contributed by atoms with E-state index < -0.39 is 0 Å². The van der Waals surface area contributed by atoms with Gasteiger partial charge in [-0.2, -0.15) is 10.2 Å². The average Bonchev–Trinajstić information content (AvgIpc) is 3.30. The molecule has 2 atom stereocenters. The van der Waals surface area contributed by atoms with Crippen LogP contribution in [0.4, 0.5) is 0 Å². The van der Waals surface area contributed by atoms with Crippen molar-refractivity contribution in [1.82, 2.24) is 24.6 Å². The zero-order valence-corrected chi connectivity index (χ0v) is 19.6. The van der Waals surface area contributed by atoms with Crippen LogP contribution in [0.1, 0.15) is 24.3 Å². The van der Waals surface area contributed by atoms with Crippen LogP contribution in [0.3, 0.4) is 0 Å². The maximum Gasteiger partial charge on any atom is 0.328 e. The third kappa shape index (κ3) is 3.76. The molecule has 0 amide bonds. The largest absolute Gasteiger partial charge is 0.496 e. The van der Waals surface area contributed by atoms with Crippen molar-refractivity contribution in [3.8, 4) is 11.5 Å². The van der Waals surface area contributed by atoms with Crippen LogP contribution >= 0.6 is 0 Å². The van der Waals surface area contributed by atoms with Crippen LogP contribution in [-0.4, -0.2) is 58.0 Å². The van der Waals surface area contributed by atoms with E-state index in [-0.39, 0.29) is 11.2 Å². The number of benzene rings is 2. The van der Waals surface area contributed by atoms with E-state index >= 15 is 0 Å². The van der Waals surface area contributed by atoms with Gasteiger partial charge in [0.05, 0.1) is 36.3 Å². The van der Waals surface area contributed by atoms with Crippen LogP contribution in [0, 0.1) is 5.92 Å². The van der Waals surface area contributed by atoms with Crippen molar-refractivity contribution < 1.29 is 9.47 Å². The number of nitrogens with one attached hydrogen (secondary N) is 1. The highest BCUT2D eigenvalue weighted by Crippen LogP contribution is 2.46. The molecule has 0 saturated carbocycles. The molecule has 4 aromatic rings. The molecule has 0 unspecified atom stereocenters. The van der Waals surface area contributed by atoms with Gasteiger partial charge in [-0.1, -0.05) is 6.07 Å². The normalized spacial score (nSPS) is 19.5. The molecule has 4 heterocycles. The molecule has 2 aromatic heterocycles. The summed E-state index contributed by atoms with van der Waals surface area (Å²) in [7, 11) is 1.71. The van der Waals surface area contributed by atoms with E-state index in [0.29, 0.717) is 34.8 Å². The van der Waals surface area contributed by atoms with E-state index in [1.165, 1.54) is 5.56 Å². The smallest absolute Gasteiger partial charge is 0.328 e. The summed E-state index contributed by atoms with van der Waals surface area (Å²) < 4.78 is 13.3. The third-order valence-corrected chi connectivity index (χ3v) is 7.34. The highest BCUT2D eigenvalue weighted by Gasteiger charge is 2.40. The minimum Gasteiger partial charge on any atom is -0.496 e. The molecule has 0 radical (unpaired) electrons. The summed E-state index contributed by atoms with van der Waals surface area (Å²) in [4.78, 5) is 30.1. The standard InChI is InChI=1S/C26H27N5O4/c1-34-21-5-4-6-22-23(21)19-14-30(13-16(19)15-35-22)11-2-3-12-31-24-17-9-10-27-29-20(17)8-7-18(24)25(32)28-26(31)33/h4-10,16,19H,2-3,11-15H2,1H3,(H,28,32,33)/t16-,19+/m0/s1. The fourth-order valence-electron chi connectivity index (χ4n) is 5.71. The number of unbranched alkanes of at least 4 members (excludes halogenated alkanes) is 1. The van der Waals surface area contributed by atoms with Gasteiger partial charge in [-0.05, 0) is 49.7 Å². The Morgan fingerprint density at radius 1 is 1.09 bits per heavy atom. The second-order valence-electron chi connectivity index (χ2n) is 9.35. The van der Waals surface area contributed by atoms with Crippen LogP contribution in [0.5, 0.6) is 11.5 Å². The maximum absolute atomic E-state index is 12.7. The van der Waals surface area contributed by atoms with Gasteiger partial charge in [0.25, 0.3) is 5.56 Å². The Bertz CT molecular complexity index is 1510. The van der Waals surface area contributed by atoms with Crippen LogP contribution in [0.25, 0.3) is 21.8 Å². The van der Waals surface area contributed by atoms with Crippen molar-refractivity contribution in [3.63, 3.8) is 0 Å². The fraction of sp³-hybridized carbons (Fsp3) is 0.385. The van der Waals surface area contributed by atoms with Crippen molar-refractivity contribution in [3.05, 3.63) is 69.0 Å². The quantitative estimate of drug-likeness (QED) is 0.339. The van der Waals surface area contributed by atoms with E-state index in [0.717, 1.165) is 56.0 Å². The average molecular weight is 474 g/mol. The zero-order chi connectivity index (χ0) is 23.9. The fourth-order valence-corrected chi connectivity index (χ4v) is 5.71. The van der Waals surface area contributed by atoms with E-state index in [1.807, 2.05) is 18.2 Å². The molecule has 1 N–H and O–H groups in total. The second kappa shape index (κ2) is 8.81. The lowest BCUT2D eigenvalue weighted by atomic mass is 9.86. The summed E-state index contributed by atoms with van der Waals surface area (Å²) in [5.41, 5.74) is 1.71. The first kappa shape index (κ1) is 21.8. The van der Waals surface area contributed by atoms with Gasteiger partial charge < -0.3 is 14.4 Å². The number of ether oxygens (including phenoxy) is 2. The Hall–Kier alpha value is -3.72. The molecule has 1 fully saturated rings. The lowest BCUT2D eigenvalue weighted by molar-refractivity contribution is 0.209. The number of hydrogen-bond acceptors (Lipinski definition) is 7. The number of aromatic nitrogens is 4. The summed E-state index contributed by atoms with van der Waals surface area (Å²) in [6, 6.07) is 11.3. The summed E-state index contributed by atoms with van der Waals surface area (Å²) in [6.07, 6.45) is 3.34. The Labute approximate surface area is 201 Å². The molecule has 2 aliphatic rings. The molecule has 1 saturated heterocycles. The van der Waals surface area contributed by atoms with Gasteiger partial charge in [0.2, 0.25) is 0 Å². The van der Waals surface area contributed by atoms with Crippen LogP contribution in [-0.2, 0) is 6.54 Å². The molecular formula is C26H27N5O4. The van der Waals surface area contributed by atoms with Gasteiger partial charge in [0.15, 0.2) is 0 Å². The van der Waals surface area contributed by atoms with Gasteiger partial charge in [-0.15, -0.1) is 0 Å². The first-order valence-electron chi connectivity index (χ1n) is 12.0. The van der Waals surface area contributed by atoms with Gasteiger partial charge in [0.1, 0.15) is 11.5 Å². The van der Waals surface area contributed by atoms with Gasteiger partial charge in [-0.3, -0.25) is 14.3 Å². The van der Waals surface area contributed by atoms with Crippen molar-refractivity contribution in [1.29, 1.82) is 0 Å². The lowest BCUT2D eigenvalue weighted by Crippen LogP contribution is -2.31. The minimum absolute atomic E-state index is 0.377. The number of rotatable bonds is 6. The molecule has 2 aromatic carbocycles. The maximum atomic E-state index is 12.7. The second-order valence-corrected chi connectivity index (χ2v) is 9.35. The van der Waals surface area contributed by atoms with Crippen molar-refractivity contribution in [2.24, 2.45) is 5.92 Å². The number of likely N-dealkylation sites (tertiary alicyclic amines) is 1. The summed E-state index contributed by atoms with van der Waals surface area (Å²) in [5.74, 6) is 2.71. The predicted octanol–water partition coefficient (Wildman–Crippen LogP) is 2.53. The summed E-state index contributed by atoms with van der Waals surface area (Å²) in [6.45, 7) is 4.17. The van der Waals surface area contributed by atoms with Gasteiger partial charge in [0, 0.05) is 42.4 Å². The Morgan fingerprint density at radius 2 is 1.97 bits per heavy atom. The Balaban J connectivity index is 1.17. The molecule has 6 rings (SSSR count). The molecule has 0 spiro atoms. The number of fused-ring (bicyclic) bond motifs is 6. The van der Waals surface area contributed by atoms with Crippen molar-refractivity contribution in [2.45, 2.75) is 25.3 Å². The molecule has 0 aliphatic carbocycles. The topological polar surface area (TPSA) is 102 Å². The number of aryl methyl sites for hydroxylation is 1. The number of methoxy groups -OCH3 is 1.